The minimum absolute atomic E-state index is 0.0715. The molecular formula is C13H21BrN4O. The number of hydrogen-bond donors (Lipinski definition) is 1. The van der Waals surface area contributed by atoms with Gasteiger partial charge in [-0.2, -0.15) is 5.10 Å². The quantitative estimate of drug-likeness (QED) is 0.861. The molecule has 0 amide bonds. The summed E-state index contributed by atoms with van der Waals surface area (Å²) >= 11 is 3.41. The molecule has 1 unspecified atom stereocenters. The molecular weight excluding hydrogens is 308 g/mol. The van der Waals surface area contributed by atoms with Crippen LogP contribution in [0.4, 0.5) is 5.69 Å². The van der Waals surface area contributed by atoms with Gasteiger partial charge in [0.1, 0.15) is 4.47 Å². The fraction of sp³-hybridized carbons (Fsp3) is 0.692. The predicted octanol–water partition coefficient (Wildman–Crippen LogP) is 1.59. The lowest BCUT2D eigenvalue weighted by atomic mass is 10.1. The van der Waals surface area contributed by atoms with Crippen LogP contribution in [0.2, 0.25) is 0 Å². The van der Waals surface area contributed by atoms with E-state index in [0.29, 0.717) is 29.5 Å². The monoisotopic (exact) mass is 328 g/mol. The number of rotatable bonds is 6. The minimum Gasteiger partial charge on any atom is -0.368 e. The standard InChI is InChI=1S/C13H21BrN4O/c1-3-6-18-13(19)12(14)11(8-16-18)17(2)10(7-15)9-4-5-9/h8-10H,3-7,15H2,1-2H3. The van der Waals surface area contributed by atoms with Crippen molar-refractivity contribution in [1.82, 2.24) is 9.78 Å². The van der Waals surface area contributed by atoms with Crippen LogP contribution < -0.4 is 16.2 Å². The Hall–Kier alpha value is -0.880. The van der Waals surface area contributed by atoms with Gasteiger partial charge in [-0.15, -0.1) is 0 Å². The van der Waals surface area contributed by atoms with Crippen molar-refractivity contribution in [3.05, 3.63) is 21.0 Å². The van der Waals surface area contributed by atoms with Gasteiger partial charge in [0.2, 0.25) is 0 Å². The number of aromatic nitrogens is 2. The molecule has 106 valence electrons. The summed E-state index contributed by atoms with van der Waals surface area (Å²) in [5.41, 5.74) is 6.62. The SMILES string of the molecule is CCCn1ncc(N(C)C(CN)C2CC2)c(Br)c1=O. The predicted molar refractivity (Wildman–Crippen MR) is 80.5 cm³/mol. The Kier molecular flexibility index (Phi) is 4.62. The van der Waals surface area contributed by atoms with Crippen LogP contribution in [-0.2, 0) is 6.54 Å². The molecule has 1 saturated carbocycles. The van der Waals surface area contributed by atoms with Gasteiger partial charge < -0.3 is 10.6 Å². The zero-order valence-electron chi connectivity index (χ0n) is 11.5. The molecule has 0 radical (unpaired) electrons. The Morgan fingerprint density at radius 1 is 1.63 bits per heavy atom. The molecule has 1 aliphatic carbocycles. The van der Waals surface area contributed by atoms with Gasteiger partial charge in [0.25, 0.3) is 5.56 Å². The molecule has 0 aliphatic heterocycles. The summed E-state index contributed by atoms with van der Waals surface area (Å²) in [6, 6.07) is 0.291. The summed E-state index contributed by atoms with van der Waals surface area (Å²) in [4.78, 5) is 14.3. The Labute approximate surface area is 121 Å². The summed E-state index contributed by atoms with van der Waals surface area (Å²) in [5.74, 6) is 0.653. The molecule has 5 nitrogen and oxygen atoms in total. The van der Waals surface area contributed by atoms with Gasteiger partial charge in [0.05, 0.1) is 11.9 Å². The maximum Gasteiger partial charge on any atom is 0.283 e. The number of nitrogens with zero attached hydrogens (tertiary/aromatic N) is 3. The normalized spacial score (nSPS) is 16.4. The summed E-state index contributed by atoms with van der Waals surface area (Å²) in [5, 5.41) is 4.24. The first-order valence-electron chi connectivity index (χ1n) is 6.78. The highest BCUT2D eigenvalue weighted by Crippen LogP contribution is 2.36. The van der Waals surface area contributed by atoms with E-state index in [0.717, 1.165) is 12.1 Å². The number of aryl methyl sites for hydroxylation is 1. The zero-order chi connectivity index (χ0) is 14.0. The molecule has 1 aliphatic rings. The van der Waals surface area contributed by atoms with Gasteiger partial charge in [0.15, 0.2) is 0 Å². The average molecular weight is 329 g/mol. The number of halogens is 1. The molecule has 0 saturated heterocycles. The summed E-state index contributed by atoms with van der Waals surface area (Å²) in [7, 11) is 1.99. The van der Waals surface area contributed by atoms with Crippen LogP contribution in [-0.4, -0.2) is 29.4 Å². The van der Waals surface area contributed by atoms with Crippen LogP contribution in [0.5, 0.6) is 0 Å². The van der Waals surface area contributed by atoms with E-state index in [4.69, 9.17) is 5.73 Å². The van der Waals surface area contributed by atoms with Crippen LogP contribution >= 0.6 is 15.9 Å². The summed E-state index contributed by atoms with van der Waals surface area (Å²) in [6.45, 7) is 3.27. The highest BCUT2D eigenvalue weighted by molar-refractivity contribution is 9.10. The van der Waals surface area contributed by atoms with E-state index in [9.17, 15) is 4.79 Å². The smallest absolute Gasteiger partial charge is 0.283 e. The molecule has 1 aromatic heterocycles. The van der Waals surface area contributed by atoms with Gasteiger partial charge >= 0.3 is 0 Å². The molecule has 2 N–H and O–H groups in total. The van der Waals surface area contributed by atoms with Crippen molar-refractivity contribution in [1.29, 1.82) is 0 Å². The first kappa shape index (κ1) is 14.5. The summed E-state index contributed by atoms with van der Waals surface area (Å²) in [6.07, 6.45) is 5.10. The molecule has 1 fully saturated rings. The second-order valence-corrected chi connectivity index (χ2v) is 5.92. The average Bonchev–Trinajstić information content (AvgIpc) is 3.21. The topological polar surface area (TPSA) is 64.2 Å². The van der Waals surface area contributed by atoms with Crippen molar-refractivity contribution in [3.8, 4) is 0 Å². The molecule has 2 rings (SSSR count). The number of anilines is 1. The third-order valence-electron chi connectivity index (χ3n) is 3.69. The van der Waals surface area contributed by atoms with Crippen molar-refractivity contribution in [2.45, 2.75) is 38.8 Å². The van der Waals surface area contributed by atoms with Crippen LogP contribution in [0.3, 0.4) is 0 Å². The maximum absolute atomic E-state index is 12.2. The largest absolute Gasteiger partial charge is 0.368 e. The van der Waals surface area contributed by atoms with Crippen LogP contribution in [0.1, 0.15) is 26.2 Å². The first-order chi connectivity index (χ1) is 9.10. The fourth-order valence-electron chi connectivity index (χ4n) is 2.40. The Morgan fingerprint density at radius 2 is 2.32 bits per heavy atom. The van der Waals surface area contributed by atoms with Gasteiger partial charge in [-0.1, -0.05) is 6.92 Å². The lowest BCUT2D eigenvalue weighted by Gasteiger charge is -2.29. The zero-order valence-corrected chi connectivity index (χ0v) is 13.1. The molecule has 6 heteroatoms. The number of hydrogen-bond acceptors (Lipinski definition) is 4. The van der Waals surface area contributed by atoms with Gasteiger partial charge in [-0.3, -0.25) is 4.79 Å². The molecule has 1 aromatic rings. The second kappa shape index (κ2) is 6.05. The molecule has 0 bridgehead atoms. The fourth-order valence-corrected chi connectivity index (χ4v) is 2.99. The highest BCUT2D eigenvalue weighted by atomic mass is 79.9. The molecule has 0 spiro atoms. The van der Waals surface area contributed by atoms with Crippen molar-refractivity contribution in [2.24, 2.45) is 11.7 Å². The number of nitrogens with two attached hydrogens (primary N) is 1. The van der Waals surface area contributed by atoms with Gasteiger partial charge in [-0.05, 0) is 41.1 Å². The van der Waals surface area contributed by atoms with E-state index in [-0.39, 0.29) is 5.56 Å². The third-order valence-corrected chi connectivity index (χ3v) is 4.43. The Bertz CT molecular complexity index is 498. The van der Waals surface area contributed by atoms with E-state index in [2.05, 4.69) is 25.9 Å². The second-order valence-electron chi connectivity index (χ2n) is 5.12. The summed E-state index contributed by atoms with van der Waals surface area (Å²) < 4.78 is 2.08. The number of likely N-dealkylation sites (N-methyl/N-ethyl adjacent to an activating group) is 1. The minimum atomic E-state index is -0.0715. The Morgan fingerprint density at radius 3 is 2.84 bits per heavy atom. The lowest BCUT2D eigenvalue weighted by molar-refractivity contribution is 0.548. The lowest BCUT2D eigenvalue weighted by Crippen LogP contribution is -2.41. The molecule has 19 heavy (non-hydrogen) atoms. The maximum atomic E-state index is 12.2. The molecule has 1 atom stereocenters. The third kappa shape index (κ3) is 3.00. The van der Waals surface area contributed by atoms with E-state index in [1.54, 1.807) is 6.20 Å². The molecule has 1 heterocycles. The van der Waals surface area contributed by atoms with Crippen molar-refractivity contribution < 1.29 is 0 Å². The van der Waals surface area contributed by atoms with E-state index in [1.807, 2.05) is 14.0 Å². The Balaban J connectivity index is 2.29. The van der Waals surface area contributed by atoms with E-state index in [1.165, 1.54) is 17.5 Å². The van der Waals surface area contributed by atoms with Crippen LogP contribution in [0.25, 0.3) is 0 Å². The van der Waals surface area contributed by atoms with Gasteiger partial charge in [0, 0.05) is 26.2 Å². The van der Waals surface area contributed by atoms with Gasteiger partial charge in [-0.25, -0.2) is 4.68 Å². The molecule has 0 aromatic carbocycles. The van der Waals surface area contributed by atoms with E-state index < -0.39 is 0 Å². The van der Waals surface area contributed by atoms with Crippen LogP contribution in [0, 0.1) is 5.92 Å². The highest BCUT2D eigenvalue weighted by Gasteiger charge is 2.34. The van der Waals surface area contributed by atoms with E-state index >= 15 is 0 Å². The van der Waals surface area contributed by atoms with Crippen LogP contribution in [0.15, 0.2) is 15.5 Å². The van der Waals surface area contributed by atoms with Crippen molar-refractivity contribution >= 4 is 21.6 Å². The van der Waals surface area contributed by atoms with Crippen molar-refractivity contribution in [2.75, 3.05) is 18.5 Å². The van der Waals surface area contributed by atoms with Crippen molar-refractivity contribution in [3.63, 3.8) is 0 Å². The first-order valence-corrected chi connectivity index (χ1v) is 7.58.